The maximum Gasteiger partial charge on any atom is 0.354 e. The van der Waals surface area contributed by atoms with Crippen molar-refractivity contribution in [2.75, 3.05) is 7.11 Å². The van der Waals surface area contributed by atoms with E-state index >= 15 is 0 Å². The van der Waals surface area contributed by atoms with Crippen molar-refractivity contribution in [3.05, 3.63) is 41.9 Å². The van der Waals surface area contributed by atoms with Gasteiger partial charge in [-0.2, -0.15) is 0 Å². The Kier molecular flexibility index (Phi) is 2.72. The number of aryl methyl sites for hydroxylation is 1. The second-order valence-electron chi connectivity index (χ2n) is 3.41. The predicted molar refractivity (Wildman–Crippen MR) is 60.1 cm³/mol. The van der Waals surface area contributed by atoms with Gasteiger partial charge in [0.2, 0.25) is 0 Å². The third-order valence-corrected chi connectivity index (χ3v) is 2.39. The summed E-state index contributed by atoms with van der Waals surface area (Å²) in [6.45, 7) is 1.92. The summed E-state index contributed by atoms with van der Waals surface area (Å²) in [5, 5.41) is 0. The van der Waals surface area contributed by atoms with E-state index in [1.54, 1.807) is 12.3 Å². The van der Waals surface area contributed by atoms with Crippen LogP contribution in [0.15, 0.2) is 30.5 Å². The van der Waals surface area contributed by atoms with Crippen LogP contribution in [0, 0.1) is 6.92 Å². The van der Waals surface area contributed by atoms with Gasteiger partial charge in [0.15, 0.2) is 0 Å². The van der Waals surface area contributed by atoms with Crippen LogP contribution in [0.25, 0.3) is 11.3 Å². The Morgan fingerprint density at radius 2 is 2.19 bits per heavy atom. The lowest BCUT2D eigenvalue weighted by Gasteiger charge is -2.01. The lowest BCUT2D eigenvalue weighted by atomic mass is 10.1. The molecule has 0 bridgehead atoms. The fourth-order valence-electron chi connectivity index (χ4n) is 1.55. The summed E-state index contributed by atoms with van der Waals surface area (Å²) in [6.07, 6.45) is 1.74. The molecule has 0 aliphatic heterocycles. The maximum atomic E-state index is 11.3. The standard InChI is InChI=1S/C12H12N2O2/c1-8-9(4-3-7-13-8)10-5-6-11(14-10)12(15)16-2/h3-7,14H,1-2H3. The first-order valence-electron chi connectivity index (χ1n) is 4.91. The number of methoxy groups -OCH3 is 1. The fourth-order valence-corrected chi connectivity index (χ4v) is 1.55. The second kappa shape index (κ2) is 4.18. The van der Waals surface area contributed by atoms with Gasteiger partial charge in [0.1, 0.15) is 5.69 Å². The zero-order chi connectivity index (χ0) is 11.5. The average molecular weight is 216 g/mol. The van der Waals surface area contributed by atoms with Crippen molar-refractivity contribution in [2.24, 2.45) is 0 Å². The maximum absolute atomic E-state index is 11.3. The smallest absolute Gasteiger partial charge is 0.354 e. The molecule has 4 nitrogen and oxygen atoms in total. The van der Waals surface area contributed by atoms with Crippen molar-refractivity contribution in [3.8, 4) is 11.3 Å². The number of aromatic amines is 1. The number of rotatable bonds is 2. The normalized spacial score (nSPS) is 10.1. The third kappa shape index (κ3) is 1.82. The van der Waals surface area contributed by atoms with Gasteiger partial charge in [0.05, 0.1) is 7.11 Å². The summed E-state index contributed by atoms with van der Waals surface area (Å²) in [7, 11) is 1.36. The summed E-state index contributed by atoms with van der Waals surface area (Å²) >= 11 is 0. The van der Waals surface area contributed by atoms with E-state index in [0.717, 1.165) is 17.0 Å². The Morgan fingerprint density at radius 3 is 2.88 bits per heavy atom. The number of ether oxygens (including phenoxy) is 1. The SMILES string of the molecule is COC(=O)c1ccc(-c2cccnc2C)[nH]1. The number of hydrogen-bond acceptors (Lipinski definition) is 3. The molecular weight excluding hydrogens is 204 g/mol. The Hall–Kier alpha value is -2.10. The number of esters is 1. The van der Waals surface area contributed by atoms with Crippen LogP contribution >= 0.6 is 0 Å². The lowest BCUT2D eigenvalue weighted by Crippen LogP contribution is -2.01. The van der Waals surface area contributed by atoms with Gasteiger partial charge in [-0.15, -0.1) is 0 Å². The van der Waals surface area contributed by atoms with Crippen LogP contribution in [0.5, 0.6) is 0 Å². The first-order valence-corrected chi connectivity index (χ1v) is 4.91. The van der Waals surface area contributed by atoms with Gasteiger partial charge >= 0.3 is 5.97 Å². The Morgan fingerprint density at radius 1 is 1.38 bits per heavy atom. The lowest BCUT2D eigenvalue weighted by molar-refractivity contribution is 0.0595. The van der Waals surface area contributed by atoms with Crippen LogP contribution in [0.1, 0.15) is 16.2 Å². The molecule has 0 radical (unpaired) electrons. The molecule has 4 heteroatoms. The van der Waals surface area contributed by atoms with Crippen LogP contribution in [-0.2, 0) is 4.74 Å². The molecule has 0 aliphatic rings. The zero-order valence-corrected chi connectivity index (χ0v) is 9.15. The summed E-state index contributed by atoms with van der Waals surface area (Å²) in [5.74, 6) is -0.368. The van der Waals surface area contributed by atoms with Gasteiger partial charge < -0.3 is 9.72 Å². The molecule has 2 aromatic heterocycles. The number of carbonyl (C=O) groups is 1. The van der Waals surface area contributed by atoms with Crippen LogP contribution < -0.4 is 0 Å². The molecule has 1 N–H and O–H groups in total. The Bertz CT molecular complexity index is 517. The largest absolute Gasteiger partial charge is 0.464 e. The highest BCUT2D eigenvalue weighted by Gasteiger charge is 2.10. The van der Waals surface area contributed by atoms with Gasteiger partial charge in [-0.1, -0.05) is 0 Å². The van der Waals surface area contributed by atoms with E-state index in [0.29, 0.717) is 5.69 Å². The van der Waals surface area contributed by atoms with Crippen molar-refractivity contribution in [1.82, 2.24) is 9.97 Å². The van der Waals surface area contributed by atoms with Crippen LogP contribution in [-0.4, -0.2) is 23.0 Å². The van der Waals surface area contributed by atoms with Crippen molar-refractivity contribution in [1.29, 1.82) is 0 Å². The van der Waals surface area contributed by atoms with Crippen LogP contribution in [0.2, 0.25) is 0 Å². The number of aromatic nitrogens is 2. The highest BCUT2D eigenvalue weighted by atomic mass is 16.5. The second-order valence-corrected chi connectivity index (χ2v) is 3.41. The Labute approximate surface area is 93.3 Å². The minimum absolute atomic E-state index is 0.368. The monoisotopic (exact) mass is 216 g/mol. The first kappa shape index (κ1) is 10.4. The molecule has 2 aromatic rings. The summed E-state index contributed by atoms with van der Waals surface area (Å²) in [5.41, 5.74) is 3.21. The molecule has 16 heavy (non-hydrogen) atoms. The summed E-state index contributed by atoms with van der Waals surface area (Å²) < 4.78 is 4.63. The predicted octanol–water partition coefficient (Wildman–Crippen LogP) is 2.17. The van der Waals surface area contributed by atoms with E-state index in [9.17, 15) is 4.79 Å². The number of nitrogens with one attached hydrogen (secondary N) is 1. The van der Waals surface area contributed by atoms with E-state index in [4.69, 9.17) is 0 Å². The first-order chi connectivity index (χ1) is 7.72. The molecule has 2 heterocycles. The van der Waals surface area contributed by atoms with Crippen molar-refractivity contribution in [3.63, 3.8) is 0 Å². The third-order valence-electron chi connectivity index (χ3n) is 2.39. The highest BCUT2D eigenvalue weighted by Crippen LogP contribution is 2.20. The highest BCUT2D eigenvalue weighted by molar-refractivity contribution is 5.88. The molecule has 0 aliphatic carbocycles. The molecule has 0 amide bonds. The van der Waals surface area contributed by atoms with Crippen molar-refractivity contribution < 1.29 is 9.53 Å². The number of H-pyrrole nitrogens is 1. The molecule has 2 rings (SSSR count). The van der Waals surface area contributed by atoms with Gasteiger partial charge in [0.25, 0.3) is 0 Å². The minimum Gasteiger partial charge on any atom is -0.464 e. The number of nitrogens with zero attached hydrogens (tertiary/aromatic N) is 1. The van der Waals surface area contributed by atoms with E-state index in [2.05, 4.69) is 14.7 Å². The Balaban J connectivity index is 2.39. The number of pyridine rings is 1. The number of carbonyl (C=O) groups excluding carboxylic acids is 1. The van der Waals surface area contributed by atoms with Gasteiger partial charge in [-0.05, 0) is 31.2 Å². The van der Waals surface area contributed by atoms with E-state index in [1.807, 2.05) is 25.1 Å². The molecular formula is C12H12N2O2. The topological polar surface area (TPSA) is 55.0 Å². The average Bonchev–Trinajstić information content (AvgIpc) is 2.78. The summed E-state index contributed by atoms with van der Waals surface area (Å²) in [4.78, 5) is 18.5. The fraction of sp³-hybridized carbons (Fsp3) is 0.167. The van der Waals surface area contributed by atoms with Gasteiger partial charge in [-0.25, -0.2) is 4.79 Å². The molecule has 0 saturated carbocycles. The summed E-state index contributed by atoms with van der Waals surface area (Å²) in [6, 6.07) is 7.36. The molecule has 0 aromatic carbocycles. The van der Waals surface area contributed by atoms with Crippen molar-refractivity contribution in [2.45, 2.75) is 6.92 Å². The molecule has 0 fully saturated rings. The van der Waals surface area contributed by atoms with E-state index in [-0.39, 0.29) is 5.97 Å². The van der Waals surface area contributed by atoms with Crippen LogP contribution in [0.4, 0.5) is 0 Å². The quantitative estimate of drug-likeness (QED) is 0.783. The van der Waals surface area contributed by atoms with Gasteiger partial charge in [-0.3, -0.25) is 4.98 Å². The number of hydrogen-bond donors (Lipinski definition) is 1. The minimum atomic E-state index is -0.368. The molecule has 0 unspecified atom stereocenters. The van der Waals surface area contributed by atoms with Gasteiger partial charge in [0, 0.05) is 23.1 Å². The van der Waals surface area contributed by atoms with Crippen LogP contribution in [0.3, 0.4) is 0 Å². The molecule has 82 valence electrons. The molecule has 0 saturated heterocycles. The zero-order valence-electron chi connectivity index (χ0n) is 9.15. The molecule has 0 spiro atoms. The van der Waals surface area contributed by atoms with E-state index < -0.39 is 0 Å². The molecule has 0 atom stereocenters. The van der Waals surface area contributed by atoms with Crippen molar-refractivity contribution >= 4 is 5.97 Å². The van der Waals surface area contributed by atoms with E-state index in [1.165, 1.54) is 7.11 Å².